The van der Waals surface area contributed by atoms with Crippen LogP contribution in [0.25, 0.3) is 87.2 Å². The lowest BCUT2D eigenvalue weighted by Crippen LogP contribution is -1.93. The Morgan fingerprint density at radius 2 is 1.00 bits per heavy atom. The second-order valence-corrected chi connectivity index (χ2v) is 13.6. The van der Waals surface area contributed by atoms with Gasteiger partial charge in [-0.3, -0.25) is 4.98 Å². The monoisotopic (exact) mass is 667 g/mol. The molecule has 0 atom stereocenters. The molecule has 3 heterocycles. The lowest BCUT2D eigenvalue weighted by atomic mass is 9.93. The Hall–Kier alpha value is -6.67. The van der Waals surface area contributed by atoms with Gasteiger partial charge < -0.3 is 0 Å². The van der Waals surface area contributed by atoms with Crippen LogP contribution >= 0.6 is 11.3 Å². The molecule has 0 aliphatic heterocycles. The van der Waals surface area contributed by atoms with E-state index in [0.29, 0.717) is 5.56 Å². The number of nitrogens with zero attached hydrogens (tertiary/aromatic N) is 3. The van der Waals surface area contributed by atoms with Crippen molar-refractivity contribution in [3.8, 4) is 73.1 Å². The lowest BCUT2D eigenvalue weighted by molar-refractivity contribution is 1.32. The van der Waals surface area contributed by atoms with E-state index in [1.54, 1.807) is 0 Å². The summed E-state index contributed by atoms with van der Waals surface area (Å²) in [5.41, 5.74) is 13.6. The van der Waals surface area contributed by atoms with Gasteiger partial charge in [-0.25, -0.2) is 4.98 Å². The number of nitriles is 1. The molecule has 3 aromatic heterocycles. The molecular formula is C47H29N3S. The van der Waals surface area contributed by atoms with Crippen molar-refractivity contribution < 1.29 is 0 Å². The quantitative estimate of drug-likeness (QED) is 0.177. The number of hydrogen-bond acceptors (Lipinski definition) is 4. The zero-order valence-corrected chi connectivity index (χ0v) is 28.3. The van der Waals surface area contributed by atoms with Gasteiger partial charge >= 0.3 is 0 Å². The molecule has 0 aliphatic carbocycles. The summed E-state index contributed by atoms with van der Waals surface area (Å²) in [4.78, 5) is 9.76. The first-order chi connectivity index (χ1) is 25.2. The van der Waals surface area contributed by atoms with E-state index in [1.807, 2.05) is 60.1 Å². The van der Waals surface area contributed by atoms with Crippen LogP contribution in [0.15, 0.2) is 176 Å². The third-order valence-corrected chi connectivity index (χ3v) is 10.7. The molecule has 51 heavy (non-hydrogen) atoms. The Balaban J connectivity index is 1.27. The van der Waals surface area contributed by atoms with Gasteiger partial charge in [-0.1, -0.05) is 115 Å². The smallest absolute Gasteiger partial charge is 0.0991 e. The highest BCUT2D eigenvalue weighted by Gasteiger charge is 2.17. The highest BCUT2D eigenvalue weighted by atomic mass is 32.1. The summed E-state index contributed by atoms with van der Waals surface area (Å²) in [6.07, 6.45) is 3.74. The van der Waals surface area contributed by atoms with E-state index in [4.69, 9.17) is 4.98 Å². The highest BCUT2D eigenvalue weighted by Crippen LogP contribution is 2.45. The van der Waals surface area contributed by atoms with Crippen LogP contribution in [-0.4, -0.2) is 9.97 Å². The maximum atomic E-state index is 9.37. The van der Waals surface area contributed by atoms with Crippen LogP contribution in [0.5, 0.6) is 0 Å². The molecule has 0 amide bonds. The second kappa shape index (κ2) is 13.0. The van der Waals surface area contributed by atoms with Crippen LogP contribution in [0.1, 0.15) is 5.56 Å². The second-order valence-electron chi connectivity index (χ2n) is 12.6. The number of rotatable bonds is 6. The molecule has 0 saturated carbocycles. The number of fused-ring (bicyclic) bond motifs is 3. The number of pyridine rings is 2. The van der Waals surface area contributed by atoms with Crippen molar-refractivity contribution in [3.63, 3.8) is 0 Å². The number of thiophene rings is 1. The number of hydrogen-bond donors (Lipinski definition) is 0. The third-order valence-electron chi connectivity index (χ3n) is 9.39. The molecule has 9 rings (SSSR count). The molecule has 0 fully saturated rings. The van der Waals surface area contributed by atoms with E-state index in [1.165, 1.54) is 31.3 Å². The topological polar surface area (TPSA) is 49.6 Å². The molecule has 0 unspecified atom stereocenters. The maximum absolute atomic E-state index is 9.37. The van der Waals surface area contributed by atoms with E-state index in [0.717, 1.165) is 55.9 Å². The van der Waals surface area contributed by atoms with E-state index < -0.39 is 0 Å². The Morgan fingerprint density at radius 3 is 1.65 bits per heavy atom. The molecule has 9 aromatic rings. The van der Waals surface area contributed by atoms with Crippen LogP contribution in [0.4, 0.5) is 0 Å². The summed E-state index contributed by atoms with van der Waals surface area (Å²) in [7, 11) is 0. The average molecular weight is 668 g/mol. The van der Waals surface area contributed by atoms with E-state index in [-0.39, 0.29) is 0 Å². The summed E-state index contributed by atoms with van der Waals surface area (Å²) >= 11 is 1.82. The van der Waals surface area contributed by atoms with Crippen molar-refractivity contribution >= 4 is 31.5 Å². The van der Waals surface area contributed by atoms with Gasteiger partial charge in [0.1, 0.15) is 0 Å². The summed E-state index contributed by atoms with van der Waals surface area (Å²) in [5, 5.41) is 11.8. The molecule has 3 nitrogen and oxygen atoms in total. The zero-order valence-electron chi connectivity index (χ0n) is 27.5. The van der Waals surface area contributed by atoms with Gasteiger partial charge in [0.25, 0.3) is 0 Å². The SMILES string of the molecule is N#Cc1ccc(-c2cccc3c2sc2c(-c4cc(-c5cccnc5)cc(-c5cc(-c6ccccc6)cc(-c6ccccc6)n5)c4)cccc23)cc1. The fraction of sp³-hybridized carbons (Fsp3) is 0. The molecule has 238 valence electrons. The first kappa shape index (κ1) is 30.4. The van der Waals surface area contributed by atoms with E-state index >= 15 is 0 Å². The predicted molar refractivity (Wildman–Crippen MR) is 212 cm³/mol. The van der Waals surface area contributed by atoms with Crippen molar-refractivity contribution in [2.24, 2.45) is 0 Å². The van der Waals surface area contributed by atoms with Gasteiger partial charge in [0.2, 0.25) is 0 Å². The van der Waals surface area contributed by atoms with E-state index in [9.17, 15) is 5.26 Å². The molecule has 4 heteroatoms. The van der Waals surface area contributed by atoms with Crippen LogP contribution in [0.3, 0.4) is 0 Å². The minimum Gasteiger partial charge on any atom is -0.264 e. The summed E-state index contributed by atoms with van der Waals surface area (Å²) in [6, 6.07) is 59.5. The molecule has 0 bridgehead atoms. The minimum atomic E-state index is 0.661. The standard InChI is InChI=1S/C47H29N3S/c48-29-31-19-21-33(22-20-31)40-15-7-17-42-43-18-8-16-41(47(43)51-46(40)42)38-24-36(35-14-9-23-49-30-35)25-39(26-38)45-28-37(32-10-3-1-4-11-32)27-44(50-45)34-12-5-2-6-13-34/h1-28,30H. The Kier molecular flexibility index (Phi) is 7.74. The Bertz CT molecular complexity index is 2670. The molecule has 6 aromatic carbocycles. The summed E-state index contributed by atoms with van der Waals surface area (Å²) in [5.74, 6) is 0. The van der Waals surface area contributed by atoms with Crippen LogP contribution in [0.2, 0.25) is 0 Å². The van der Waals surface area contributed by atoms with Gasteiger partial charge in [0.15, 0.2) is 0 Å². The first-order valence-electron chi connectivity index (χ1n) is 16.9. The normalized spacial score (nSPS) is 11.1. The Labute approximate surface area is 300 Å². The predicted octanol–water partition coefficient (Wildman–Crippen LogP) is 12.7. The van der Waals surface area contributed by atoms with Crippen LogP contribution < -0.4 is 0 Å². The van der Waals surface area contributed by atoms with Gasteiger partial charge in [-0.15, -0.1) is 11.3 Å². The summed E-state index contributed by atoms with van der Waals surface area (Å²) < 4.78 is 2.47. The highest BCUT2D eigenvalue weighted by molar-refractivity contribution is 7.26. The number of aromatic nitrogens is 2. The lowest BCUT2D eigenvalue weighted by Gasteiger charge is -2.14. The Morgan fingerprint density at radius 1 is 0.431 bits per heavy atom. The molecule has 0 radical (unpaired) electrons. The average Bonchev–Trinajstić information content (AvgIpc) is 3.61. The summed E-state index contributed by atoms with van der Waals surface area (Å²) in [6.45, 7) is 0. The third kappa shape index (κ3) is 5.76. The van der Waals surface area contributed by atoms with Crippen molar-refractivity contribution in [3.05, 3.63) is 182 Å². The molecule has 0 N–H and O–H groups in total. The van der Waals surface area contributed by atoms with Gasteiger partial charge in [0.05, 0.1) is 23.0 Å². The zero-order chi connectivity index (χ0) is 34.1. The van der Waals surface area contributed by atoms with Crippen molar-refractivity contribution in [2.75, 3.05) is 0 Å². The van der Waals surface area contributed by atoms with Gasteiger partial charge in [0, 0.05) is 49.3 Å². The van der Waals surface area contributed by atoms with Crippen molar-refractivity contribution in [1.29, 1.82) is 5.26 Å². The van der Waals surface area contributed by atoms with Crippen molar-refractivity contribution in [1.82, 2.24) is 9.97 Å². The molecule has 0 spiro atoms. The van der Waals surface area contributed by atoms with Gasteiger partial charge in [-0.2, -0.15) is 5.26 Å². The van der Waals surface area contributed by atoms with Crippen LogP contribution in [0, 0.1) is 11.3 Å². The first-order valence-corrected chi connectivity index (χ1v) is 17.7. The van der Waals surface area contributed by atoms with Crippen molar-refractivity contribution in [2.45, 2.75) is 0 Å². The largest absolute Gasteiger partial charge is 0.264 e. The minimum absolute atomic E-state index is 0.661. The molecule has 0 aliphatic rings. The number of benzene rings is 6. The fourth-order valence-electron chi connectivity index (χ4n) is 6.86. The van der Waals surface area contributed by atoms with Crippen LogP contribution in [-0.2, 0) is 0 Å². The fourth-order valence-corrected chi connectivity index (χ4v) is 8.23. The molecular weight excluding hydrogens is 639 g/mol. The maximum Gasteiger partial charge on any atom is 0.0991 e. The molecule has 0 saturated heterocycles. The van der Waals surface area contributed by atoms with E-state index in [2.05, 4.69) is 138 Å². The van der Waals surface area contributed by atoms with Gasteiger partial charge in [-0.05, 0) is 87.5 Å².